The summed E-state index contributed by atoms with van der Waals surface area (Å²) in [6.45, 7) is 0. The highest BCUT2D eigenvalue weighted by Gasteiger charge is 2.30. The minimum atomic E-state index is -0.319. The number of nitrogens with zero attached hydrogens (tertiary/aromatic N) is 2. The fourth-order valence-corrected chi connectivity index (χ4v) is 3.22. The topological polar surface area (TPSA) is 46.9 Å². The van der Waals surface area contributed by atoms with E-state index in [4.69, 9.17) is 11.6 Å². The summed E-state index contributed by atoms with van der Waals surface area (Å²) in [5.74, 6) is 0.0985. The van der Waals surface area contributed by atoms with Gasteiger partial charge in [0.1, 0.15) is 11.6 Å². The van der Waals surface area contributed by atoms with Crippen LogP contribution in [0.4, 0.5) is 10.2 Å². The molecular formula is C18H13ClFN3O. The van der Waals surface area contributed by atoms with E-state index in [1.807, 2.05) is 18.2 Å². The standard InChI is InChI=1S/C18H13ClFN3O/c19-12-3-1-2-11(8-12)15-9-17(24)22-18-16(15)10-21-23(18)14-6-4-13(20)5-7-14/h1-8,10,15H,9H2,(H,22,24)/t15-/m0/s1. The number of hydrogen-bond donors (Lipinski definition) is 1. The van der Waals surface area contributed by atoms with E-state index in [1.54, 1.807) is 29.1 Å². The van der Waals surface area contributed by atoms with Crippen molar-refractivity contribution in [2.45, 2.75) is 12.3 Å². The van der Waals surface area contributed by atoms with E-state index in [0.29, 0.717) is 22.9 Å². The van der Waals surface area contributed by atoms with Crippen LogP contribution in [0, 0.1) is 5.82 Å². The van der Waals surface area contributed by atoms with E-state index < -0.39 is 0 Å². The van der Waals surface area contributed by atoms with Crippen molar-refractivity contribution in [3.05, 3.63) is 76.7 Å². The third-order valence-electron chi connectivity index (χ3n) is 4.14. The molecule has 1 atom stereocenters. The van der Waals surface area contributed by atoms with Gasteiger partial charge in [-0.2, -0.15) is 5.10 Å². The third kappa shape index (κ3) is 2.57. The molecule has 1 amide bonds. The number of carbonyl (C=O) groups excluding carboxylic acids is 1. The second kappa shape index (κ2) is 5.76. The van der Waals surface area contributed by atoms with Crippen molar-refractivity contribution in [2.75, 3.05) is 5.32 Å². The predicted octanol–water partition coefficient (Wildman–Crippen LogP) is 4.14. The molecule has 1 N–H and O–H groups in total. The molecule has 1 aromatic heterocycles. The minimum Gasteiger partial charge on any atom is -0.310 e. The molecule has 0 radical (unpaired) electrons. The van der Waals surface area contributed by atoms with Gasteiger partial charge in [0.05, 0.1) is 11.9 Å². The number of aromatic nitrogens is 2. The smallest absolute Gasteiger partial charge is 0.226 e. The van der Waals surface area contributed by atoms with Gasteiger partial charge in [0.15, 0.2) is 0 Å². The van der Waals surface area contributed by atoms with Gasteiger partial charge in [-0.1, -0.05) is 23.7 Å². The lowest BCUT2D eigenvalue weighted by Crippen LogP contribution is -2.24. The van der Waals surface area contributed by atoms with Crippen LogP contribution in [-0.4, -0.2) is 15.7 Å². The zero-order valence-electron chi connectivity index (χ0n) is 12.5. The van der Waals surface area contributed by atoms with Gasteiger partial charge in [0.2, 0.25) is 5.91 Å². The molecule has 0 bridgehead atoms. The van der Waals surface area contributed by atoms with Crippen molar-refractivity contribution in [1.82, 2.24) is 9.78 Å². The average Bonchev–Trinajstić information content (AvgIpc) is 2.98. The maximum atomic E-state index is 13.1. The molecule has 0 spiro atoms. The predicted molar refractivity (Wildman–Crippen MR) is 90.1 cm³/mol. The van der Waals surface area contributed by atoms with E-state index in [0.717, 1.165) is 11.1 Å². The summed E-state index contributed by atoms with van der Waals surface area (Å²) >= 11 is 6.09. The Bertz CT molecular complexity index is 920. The van der Waals surface area contributed by atoms with Crippen molar-refractivity contribution >= 4 is 23.3 Å². The second-order valence-electron chi connectivity index (χ2n) is 5.70. The van der Waals surface area contributed by atoms with Crippen molar-refractivity contribution in [1.29, 1.82) is 0 Å². The zero-order chi connectivity index (χ0) is 16.7. The molecule has 1 aliphatic rings. The summed E-state index contributed by atoms with van der Waals surface area (Å²) in [6, 6.07) is 13.5. The maximum absolute atomic E-state index is 13.1. The molecule has 2 heterocycles. The summed E-state index contributed by atoms with van der Waals surface area (Å²) in [7, 11) is 0. The van der Waals surface area contributed by atoms with Crippen LogP contribution in [0.25, 0.3) is 5.69 Å². The lowest BCUT2D eigenvalue weighted by molar-refractivity contribution is -0.116. The molecule has 0 saturated carbocycles. The average molecular weight is 342 g/mol. The van der Waals surface area contributed by atoms with Crippen LogP contribution in [-0.2, 0) is 4.79 Å². The lowest BCUT2D eigenvalue weighted by atomic mass is 9.87. The number of amides is 1. The van der Waals surface area contributed by atoms with Gasteiger partial charge in [-0.3, -0.25) is 4.79 Å². The second-order valence-corrected chi connectivity index (χ2v) is 6.13. The number of rotatable bonds is 2. The van der Waals surface area contributed by atoms with E-state index in [9.17, 15) is 9.18 Å². The Labute approximate surface area is 142 Å². The molecule has 0 fully saturated rings. The zero-order valence-corrected chi connectivity index (χ0v) is 13.3. The first-order valence-electron chi connectivity index (χ1n) is 7.51. The van der Waals surface area contributed by atoms with Gasteiger partial charge in [-0.05, 0) is 42.0 Å². The Morgan fingerprint density at radius 3 is 2.75 bits per heavy atom. The Hall–Kier alpha value is -2.66. The largest absolute Gasteiger partial charge is 0.310 e. The van der Waals surface area contributed by atoms with Crippen LogP contribution in [0.15, 0.2) is 54.7 Å². The van der Waals surface area contributed by atoms with Gasteiger partial charge in [0.25, 0.3) is 0 Å². The molecule has 120 valence electrons. The number of anilines is 1. The first-order valence-corrected chi connectivity index (χ1v) is 7.89. The molecule has 3 aromatic rings. The highest BCUT2D eigenvalue weighted by molar-refractivity contribution is 6.30. The third-order valence-corrected chi connectivity index (χ3v) is 4.38. The van der Waals surface area contributed by atoms with Crippen molar-refractivity contribution in [3.8, 4) is 5.69 Å². The molecule has 4 rings (SSSR count). The van der Waals surface area contributed by atoms with E-state index in [1.165, 1.54) is 12.1 Å². The minimum absolute atomic E-state index is 0.0867. The summed E-state index contributed by atoms with van der Waals surface area (Å²) in [6.07, 6.45) is 2.08. The van der Waals surface area contributed by atoms with E-state index in [2.05, 4.69) is 10.4 Å². The fraction of sp³-hybridized carbons (Fsp3) is 0.111. The molecule has 1 aliphatic heterocycles. The number of carbonyl (C=O) groups is 1. The highest BCUT2D eigenvalue weighted by Crippen LogP contribution is 2.38. The number of fused-ring (bicyclic) bond motifs is 1. The summed E-state index contributed by atoms with van der Waals surface area (Å²) in [5.41, 5.74) is 2.57. The quantitative estimate of drug-likeness (QED) is 0.761. The van der Waals surface area contributed by atoms with Crippen LogP contribution in [0.1, 0.15) is 23.5 Å². The van der Waals surface area contributed by atoms with E-state index in [-0.39, 0.29) is 17.6 Å². The van der Waals surface area contributed by atoms with Crippen LogP contribution >= 0.6 is 11.6 Å². The monoisotopic (exact) mass is 341 g/mol. The molecule has 0 aliphatic carbocycles. The highest BCUT2D eigenvalue weighted by atomic mass is 35.5. The van der Waals surface area contributed by atoms with Gasteiger partial charge in [-0.15, -0.1) is 0 Å². The van der Waals surface area contributed by atoms with Crippen LogP contribution in [0.2, 0.25) is 5.02 Å². The normalized spacial score (nSPS) is 16.6. The molecule has 2 aromatic carbocycles. The number of nitrogens with one attached hydrogen (secondary N) is 1. The van der Waals surface area contributed by atoms with Crippen LogP contribution in [0.5, 0.6) is 0 Å². The summed E-state index contributed by atoms with van der Waals surface area (Å²) < 4.78 is 14.8. The van der Waals surface area contributed by atoms with Gasteiger partial charge in [-0.25, -0.2) is 9.07 Å². The molecule has 0 unspecified atom stereocenters. The molecule has 24 heavy (non-hydrogen) atoms. The maximum Gasteiger partial charge on any atom is 0.226 e. The van der Waals surface area contributed by atoms with Gasteiger partial charge < -0.3 is 5.32 Å². The van der Waals surface area contributed by atoms with Crippen LogP contribution < -0.4 is 5.32 Å². The summed E-state index contributed by atoms with van der Waals surface area (Å²) in [4.78, 5) is 12.2. The Kier molecular flexibility index (Phi) is 3.58. The first kappa shape index (κ1) is 14.9. The molecular weight excluding hydrogens is 329 g/mol. The van der Waals surface area contributed by atoms with Crippen molar-refractivity contribution in [3.63, 3.8) is 0 Å². The van der Waals surface area contributed by atoms with Crippen LogP contribution in [0.3, 0.4) is 0 Å². The van der Waals surface area contributed by atoms with Crippen molar-refractivity contribution in [2.24, 2.45) is 0 Å². The molecule has 4 nitrogen and oxygen atoms in total. The molecule has 6 heteroatoms. The molecule has 0 saturated heterocycles. The van der Waals surface area contributed by atoms with Gasteiger partial charge >= 0.3 is 0 Å². The number of benzene rings is 2. The number of hydrogen-bond acceptors (Lipinski definition) is 2. The summed E-state index contributed by atoms with van der Waals surface area (Å²) in [5, 5.41) is 7.88. The Morgan fingerprint density at radius 1 is 1.21 bits per heavy atom. The lowest BCUT2D eigenvalue weighted by Gasteiger charge is -2.24. The van der Waals surface area contributed by atoms with Gasteiger partial charge in [0, 0.05) is 22.9 Å². The first-order chi connectivity index (χ1) is 11.6. The Balaban J connectivity index is 1.81. The van der Waals surface area contributed by atoms with Crippen molar-refractivity contribution < 1.29 is 9.18 Å². The van der Waals surface area contributed by atoms with E-state index >= 15 is 0 Å². The number of halogens is 2. The SMILES string of the molecule is O=C1C[C@@H](c2cccc(Cl)c2)c2cnn(-c3ccc(F)cc3)c2N1. The Morgan fingerprint density at radius 2 is 2.00 bits per heavy atom. The fourth-order valence-electron chi connectivity index (χ4n) is 3.02.